The van der Waals surface area contributed by atoms with Gasteiger partial charge in [0.05, 0.1) is 5.56 Å². The number of hydrogen-bond acceptors (Lipinski definition) is 3. The fraction of sp³-hybridized carbons (Fsp3) is 0.160. The van der Waals surface area contributed by atoms with E-state index < -0.39 is 0 Å². The van der Waals surface area contributed by atoms with E-state index in [9.17, 15) is 9.90 Å². The number of rotatable bonds is 4. The van der Waals surface area contributed by atoms with Gasteiger partial charge in [-0.1, -0.05) is 60.7 Å². The number of carbonyl (C=O) groups excluding carboxylic acids is 1. The molecule has 0 saturated carbocycles. The van der Waals surface area contributed by atoms with Crippen LogP contribution >= 0.6 is 0 Å². The van der Waals surface area contributed by atoms with E-state index in [1.165, 1.54) is 0 Å². The Morgan fingerprint density at radius 3 is 2.60 bits per heavy atom. The predicted molar refractivity (Wildman–Crippen MR) is 118 cm³/mol. The van der Waals surface area contributed by atoms with Gasteiger partial charge in [-0.3, -0.25) is 4.79 Å². The van der Waals surface area contributed by atoms with Crippen LogP contribution in [-0.2, 0) is 0 Å². The number of phenolic OH excluding ortho intramolecular Hbond substituents is 1. The van der Waals surface area contributed by atoms with Crippen molar-refractivity contribution < 1.29 is 9.90 Å². The van der Waals surface area contributed by atoms with E-state index in [1.807, 2.05) is 48.5 Å². The van der Waals surface area contributed by atoms with Crippen LogP contribution in [-0.4, -0.2) is 28.6 Å². The van der Waals surface area contributed by atoms with Crippen molar-refractivity contribution in [1.29, 1.82) is 0 Å². The van der Waals surface area contributed by atoms with Gasteiger partial charge >= 0.3 is 0 Å². The van der Waals surface area contributed by atoms with Crippen molar-refractivity contribution in [2.45, 2.75) is 18.5 Å². The van der Waals surface area contributed by atoms with Gasteiger partial charge in [0.15, 0.2) is 0 Å². The first-order chi connectivity index (χ1) is 14.7. The fourth-order valence-electron chi connectivity index (χ4n) is 4.19. The van der Waals surface area contributed by atoms with Gasteiger partial charge in [-0.25, -0.2) is 0 Å². The summed E-state index contributed by atoms with van der Waals surface area (Å²) in [5.74, 6) is -0.216. The molecule has 1 aliphatic heterocycles. The Morgan fingerprint density at radius 1 is 0.933 bits per heavy atom. The quantitative estimate of drug-likeness (QED) is 0.413. The lowest BCUT2D eigenvalue weighted by Crippen LogP contribution is -2.36. The number of aromatic amines is 1. The third-order valence-corrected chi connectivity index (χ3v) is 5.78. The van der Waals surface area contributed by atoms with Gasteiger partial charge in [-0.05, 0) is 35.6 Å². The Labute approximate surface area is 174 Å². The summed E-state index contributed by atoms with van der Waals surface area (Å²) in [5, 5.41) is 18.7. The molecule has 30 heavy (non-hydrogen) atoms. The Bertz CT molecular complexity index is 1200. The summed E-state index contributed by atoms with van der Waals surface area (Å²) in [7, 11) is 0. The second-order valence-electron chi connectivity index (χ2n) is 7.74. The fourth-order valence-corrected chi connectivity index (χ4v) is 4.19. The Morgan fingerprint density at radius 2 is 1.73 bits per heavy atom. The molecule has 0 aliphatic carbocycles. The topological polar surface area (TPSA) is 77.2 Å². The lowest BCUT2D eigenvalue weighted by atomic mass is 10.0. The first-order valence-electron chi connectivity index (χ1n) is 10.2. The van der Waals surface area contributed by atoms with E-state index >= 15 is 0 Å². The monoisotopic (exact) mass is 397 g/mol. The van der Waals surface area contributed by atoms with E-state index in [0.717, 1.165) is 28.8 Å². The highest BCUT2D eigenvalue weighted by Crippen LogP contribution is 2.30. The van der Waals surface area contributed by atoms with E-state index in [1.54, 1.807) is 6.07 Å². The second-order valence-corrected chi connectivity index (χ2v) is 7.74. The van der Waals surface area contributed by atoms with Crippen LogP contribution in [0.1, 0.15) is 28.5 Å². The number of H-pyrrole nitrogens is 1. The number of aromatic nitrogens is 1. The van der Waals surface area contributed by atoms with E-state index in [-0.39, 0.29) is 23.7 Å². The maximum absolute atomic E-state index is 12.8. The molecule has 5 heteroatoms. The number of amides is 1. The predicted octanol–water partition coefficient (Wildman–Crippen LogP) is 4.37. The van der Waals surface area contributed by atoms with E-state index in [4.69, 9.17) is 0 Å². The zero-order chi connectivity index (χ0) is 20.5. The largest absolute Gasteiger partial charge is 0.506 e. The molecular weight excluding hydrogens is 374 g/mol. The van der Waals surface area contributed by atoms with E-state index in [2.05, 4.69) is 39.9 Å². The Balaban J connectivity index is 1.27. The number of benzene rings is 3. The van der Waals surface area contributed by atoms with Crippen molar-refractivity contribution in [3.63, 3.8) is 0 Å². The van der Waals surface area contributed by atoms with Crippen molar-refractivity contribution in [2.75, 3.05) is 6.54 Å². The maximum Gasteiger partial charge on any atom is 0.255 e. The van der Waals surface area contributed by atoms with Gasteiger partial charge in [-0.2, -0.15) is 0 Å². The van der Waals surface area contributed by atoms with Crippen molar-refractivity contribution in [2.24, 2.45) is 0 Å². The first kappa shape index (κ1) is 18.5. The van der Waals surface area contributed by atoms with Crippen LogP contribution in [0.15, 0.2) is 78.9 Å². The molecule has 1 saturated heterocycles. The van der Waals surface area contributed by atoms with Gasteiger partial charge in [0.2, 0.25) is 0 Å². The summed E-state index contributed by atoms with van der Waals surface area (Å²) in [6, 6.07) is 25.6. The zero-order valence-corrected chi connectivity index (χ0v) is 16.4. The van der Waals surface area contributed by atoms with Gasteiger partial charge in [-0.15, -0.1) is 0 Å². The Kier molecular flexibility index (Phi) is 4.73. The second kappa shape index (κ2) is 7.69. The van der Waals surface area contributed by atoms with Gasteiger partial charge in [0.25, 0.3) is 5.91 Å². The molecule has 1 amide bonds. The molecule has 0 radical (unpaired) electrons. The smallest absolute Gasteiger partial charge is 0.255 e. The standard InChI is InChI=1S/C25H23N3O2/c29-24-19-9-5-4-6-16(19)10-11-20(24)25(30)27-18-14-23(26-15-18)22-13-12-21(28-22)17-7-2-1-3-8-17/h1-13,18,23,26,28-29H,14-15H2,(H,27,30)/t18-,23-/m0/s1. The van der Waals surface area contributed by atoms with Crippen LogP contribution in [0.3, 0.4) is 0 Å². The first-order valence-corrected chi connectivity index (χ1v) is 10.2. The van der Waals surface area contributed by atoms with Crippen molar-refractivity contribution in [1.82, 2.24) is 15.6 Å². The summed E-state index contributed by atoms with van der Waals surface area (Å²) in [6.45, 7) is 0.685. The molecule has 5 rings (SSSR count). The lowest BCUT2D eigenvalue weighted by molar-refractivity contribution is 0.0937. The summed E-state index contributed by atoms with van der Waals surface area (Å²) in [6.07, 6.45) is 0.787. The van der Waals surface area contributed by atoms with Crippen LogP contribution in [0.4, 0.5) is 0 Å². The van der Waals surface area contributed by atoms with Gasteiger partial charge in [0, 0.05) is 35.4 Å². The minimum atomic E-state index is -0.248. The third-order valence-electron chi connectivity index (χ3n) is 5.78. The highest BCUT2D eigenvalue weighted by molar-refractivity contribution is 6.03. The highest BCUT2D eigenvalue weighted by Gasteiger charge is 2.28. The molecule has 3 aromatic carbocycles. The molecule has 1 aromatic heterocycles. The molecule has 4 aromatic rings. The number of aromatic hydroxyl groups is 1. The molecule has 2 heterocycles. The Hall–Kier alpha value is -3.57. The number of nitrogens with one attached hydrogen (secondary N) is 3. The summed E-state index contributed by atoms with van der Waals surface area (Å²) >= 11 is 0. The molecule has 1 fully saturated rings. The van der Waals surface area contributed by atoms with Crippen molar-refractivity contribution in [3.8, 4) is 17.0 Å². The SMILES string of the molecule is O=C(N[C@@H]1CN[C@H](c2ccc(-c3ccccc3)[nH]2)C1)c1ccc2ccccc2c1O. The van der Waals surface area contributed by atoms with E-state index in [0.29, 0.717) is 17.5 Å². The van der Waals surface area contributed by atoms with Gasteiger partial charge in [0.1, 0.15) is 5.75 Å². The van der Waals surface area contributed by atoms with Crippen LogP contribution < -0.4 is 10.6 Å². The molecule has 0 unspecified atom stereocenters. The zero-order valence-electron chi connectivity index (χ0n) is 16.4. The van der Waals surface area contributed by atoms with Crippen molar-refractivity contribution >= 4 is 16.7 Å². The maximum atomic E-state index is 12.8. The molecule has 0 bridgehead atoms. The molecule has 2 atom stereocenters. The average Bonchev–Trinajstić information content (AvgIpc) is 3.44. The summed E-state index contributed by atoms with van der Waals surface area (Å²) in [4.78, 5) is 16.3. The van der Waals surface area contributed by atoms with Crippen LogP contribution in [0.2, 0.25) is 0 Å². The third kappa shape index (κ3) is 3.44. The number of fused-ring (bicyclic) bond motifs is 1. The average molecular weight is 397 g/mol. The van der Waals surface area contributed by atoms with Crippen LogP contribution in [0, 0.1) is 0 Å². The molecular formula is C25H23N3O2. The summed E-state index contributed by atoms with van der Waals surface area (Å²) < 4.78 is 0. The molecule has 0 spiro atoms. The van der Waals surface area contributed by atoms with Gasteiger partial charge < -0.3 is 20.7 Å². The molecule has 1 aliphatic rings. The molecule has 150 valence electrons. The highest BCUT2D eigenvalue weighted by atomic mass is 16.3. The minimum Gasteiger partial charge on any atom is -0.506 e. The summed E-state index contributed by atoms with van der Waals surface area (Å²) in [5.41, 5.74) is 3.65. The van der Waals surface area contributed by atoms with Crippen molar-refractivity contribution in [3.05, 3.63) is 90.1 Å². The van der Waals surface area contributed by atoms with Crippen LogP contribution in [0.5, 0.6) is 5.75 Å². The number of phenols is 1. The number of carbonyl (C=O) groups is 1. The normalized spacial score (nSPS) is 18.5. The molecule has 4 N–H and O–H groups in total. The molecule has 5 nitrogen and oxygen atoms in total. The lowest BCUT2D eigenvalue weighted by Gasteiger charge is -2.14. The number of hydrogen-bond donors (Lipinski definition) is 4. The minimum absolute atomic E-state index is 0.00292. The van der Waals surface area contributed by atoms with Crippen LogP contribution in [0.25, 0.3) is 22.0 Å².